The number of aromatic amines is 1. The van der Waals surface area contributed by atoms with Crippen LogP contribution in [0.4, 0.5) is 0 Å². The van der Waals surface area contributed by atoms with E-state index in [9.17, 15) is 9.90 Å². The van der Waals surface area contributed by atoms with Gasteiger partial charge in [0, 0.05) is 33.7 Å². The van der Waals surface area contributed by atoms with E-state index in [1.54, 1.807) is 6.07 Å². The summed E-state index contributed by atoms with van der Waals surface area (Å²) in [5.41, 5.74) is 10.7. The highest BCUT2D eigenvalue weighted by Gasteiger charge is 2.37. The Labute approximate surface area is 178 Å². The fourth-order valence-electron chi connectivity index (χ4n) is 4.57. The van der Waals surface area contributed by atoms with Gasteiger partial charge in [-0.2, -0.15) is 11.3 Å². The van der Waals surface area contributed by atoms with Crippen molar-refractivity contribution in [2.45, 2.75) is 31.6 Å². The molecule has 0 atom stereocenters. The maximum Gasteiger partial charge on any atom is 0.257 e. The Morgan fingerprint density at radius 2 is 1.86 bits per heavy atom. The molecule has 0 unspecified atom stereocenters. The van der Waals surface area contributed by atoms with Gasteiger partial charge in [0.25, 0.3) is 5.56 Å². The van der Waals surface area contributed by atoms with E-state index in [0.29, 0.717) is 11.9 Å². The van der Waals surface area contributed by atoms with Crippen LogP contribution >= 0.6 is 23.7 Å². The highest BCUT2D eigenvalue weighted by molar-refractivity contribution is 7.09. The molecule has 0 amide bonds. The van der Waals surface area contributed by atoms with E-state index >= 15 is 0 Å². The van der Waals surface area contributed by atoms with Gasteiger partial charge in [0.1, 0.15) is 5.75 Å². The molecule has 1 saturated carbocycles. The Bertz CT molecular complexity index is 1260. The van der Waals surface area contributed by atoms with Crippen LogP contribution in [0.1, 0.15) is 30.4 Å². The van der Waals surface area contributed by atoms with Gasteiger partial charge in [-0.05, 0) is 47.9 Å². The molecule has 1 aliphatic carbocycles. The summed E-state index contributed by atoms with van der Waals surface area (Å²) >= 11 is 1.50. The molecule has 2 aromatic carbocycles. The monoisotopic (exact) mass is 426 g/mol. The molecule has 0 radical (unpaired) electrons. The number of aryl methyl sites for hydroxylation is 1. The predicted octanol–water partition coefficient (Wildman–Crippen LogP) is 5.23. The maximum absolute atomic E-state index is 12.4. The van der Waals surface area contributed by atoms with Crippen molar-refractivity contribution in [2.75, 3.05) is 6.54 Å². The van der Waals surface area contributed by atoms with Gasteiger partial charge in [-0.15, -0.1) is 12.4 Å². The summed E-state index contributed by atoms with van der Waals surface area (Å²) in [5.74, 6) is 0.231. The summed E-state index contributed by atoms with van der Waals surface area (Å²) in [6.45, 7) is 2.58. The van der Waals surface area contributed by atoms with Crippen LogP contribution in [0.25, 0.3) is 32.8 Å². The summed E-state index contributed by atoms with van der Waals surface area (Å²) in [6.07, 6.45) is 3.50. The molecule has 1 aliphatic rings. The number of halogens is 1. The molecule has 29 heavy (non-hydrogen) atoms. The fourth-order valence-corrected chi connectivity index (χ4v) is 5.39. The minimum absolute atomic E-state index is 0. The first-order valence-electron chi connectivity index (χ1n) is 9.59. The van der Waals surface area contributed by atoms with Crippen molar-refractivity contribution in [3.8, 4) is 16.9 Å². The lowest BCUT2D eigenvalue weighted by molar-refractivity contribution is 0.253. The van der Waals surface area contributed by atoms with Gasteiger partial charge in [0.15, 0.2) is 0 Å². The van der Waals surface area contributed by atoms with Crippen LogP contribution in [-0.2, 0) is 5.41 Å². The lowest BCUT2D eigenvalue weighted by Gasteiger charge is -2.41. The van der Waals surface area contributed by atoms with Crippen molar-refractivity contribution in [3.05, 3.63) is 62.6 Å². The molecule has 1 fully saturated rings. The summed E-state index contributed by atoms with van der Waals surface area (Å²) in [6, 6.07) is 10.1. The average Bonchev–Trinajstić information content (AvgIpc) is 3.14. The number of hydrogen-bond acceptors (Lipinski definition) is 4. The van der Waals surface area contributed by atoms with E-state index in [4.69, 9.17) is 5.73 Å². The number of aromatic nitrogens is 1. The molecule has 4 nitrogen and oxygen atoms in total. The smallest absolute Gasteiger partial charge is 0.257 e. The number of nitrogens with one attached hydrogen (secondary N) is 1. The van der Waals surface area contributed by atoms with E-state index in [-0.39, 0.29) is 29.1 Å². The first kappa shape index (κ1) is 20.0. The van der Waals surface area contributed by atoms with Crippen molar-refractivity contribution in [3.63, 3.8) is 0 Å². The second-order valence-corrected chi connectivity index (χ2v) is 8.65. The largest absolute Gasteiger partial charge is 0.507 e. The Morgan fingerprint density at radius 3 is 2.48 bits per heavy atom. The highest BCUT2D eigenvalue weighted by atomic mass is 35.5. The summed E-state index contributed by atoms with van der Waals surface area (Å²) in [7, 11) is 0. The number of benzene rings is 2. The zero-order chi connectivity index (χ0) is 19.5. The van der Waals surface area contributed by atoms with Crippen LogP contribution in [0.15, 0.2) is 45.9 Å². The van der Waals surface area contributed by atoms with Crippen LogP contribution in [0.2, 0.25) is 0 Å². The molecule has 0 aliphatic heterocycles. The van der Waals surface area contributed by atoms with E-state index in [0.717, 1.165) is 45.8 Å². The molecule has 4 aromatic rings. The molecule has 4 N–H and O–H groups in total. The number of phenolic OH excluding ortho intramolecular Hbond substituents is 1. The number of aromatic hydroxyl groups is 1. The summed E-state index contributed by atoms with van der Waals surface area (Å²) in [4.78, 5) is 15.5. The number of nitrogens with two attached hydrogens (primary N) is 1. The van der Waals surface area contributed by atoms with Gasteiger partial charge in [-0.1, -0.05) is 30.7 Å². The molecule has 5 rings (SSSR count). The van der Waals surface area contributed by atoms with Gasteiger partial charge in [0.2, 0.25) is 0 Å². The van der Waals surface area contributed by atoms with Crippen molar-refractivity contribution in [2.24, 2.45) is 5.73 Å². The Hall–Kier alpha value is -2.34. The van der Waals surface area contributed by atoms with Crippen molar-refractivity contribution < 1.29 is 5.11 Å². The quantitative estimate of drug-likeness (QED) is 0.420. The first-order chi connectivity index (χ1) is 13.5. The van der Waals surface area contributed by atoms with Crippen molar-refractivity contribution in [1.29, 1.82) is 0 Å². The highest BCUT2D eigenvalue weighted by Crippen LogP contribution is 2.45. The number of H-pyrrole nitrogens is 1. The predicted molar refractivity (Wildman–Crippen MR) is 124 cm³/mol. The van der Waals surface area contributed by atoms with Gasteiger partial charge < -0.3 is 15.8 Å². The van der Waals surface area contributed by atoms with E-state index in [1.807, 2.05) is 17.7 Å². The third-order valence-corrected chi connectivity index (χ3v) is 7.15. The molecule has 6 heteroatoms. The zero-order valence-electron chi connectivity index (χ0n) is 16.1. The second-order valence-electron chi connectivity index (χ2n) is 7.91. The first-order valence-corrected chi connectivity index (χ1v) is 10.5. The number of phenols is 1. The minimum atomic E-state index is -0.0892. The lowest BCUT2D eigenvalue weighted by atomic mass is 9.64. The number of thiophene rings is 1. The molecular formula is C23H23ClN2O2S. The van der Waals surface area contributed by atoms with Crippen molar-refractivity contribution >= 4 is 45.4 Å². The van der Waals surface area contributed by atoms with Crippen LogP contribution < -0.4 is 11.3 Å². The fraction of sp³-hybridized carbons (Fsp3) is 0.261. The van der Waals surface area contributed by atoms with Crippen LogP contribution in [0.3, 0.4) is 0 Å². The van der Waals surface area contributed by atoms with Gasteiger partial charge in [0.05, 0.1) is 10.9 Å². The lowest BCUT2D eigenvalue weighted by Crippen LogP contribution is -2.41. The van der Waals surface area contributed by atoms with Crippen LogP contribution in [0.5, 0.6) is 5.75 Å². The summed E-state index contributed by atoms with van der Waals surface area (Å²) in [5, 5.41) is 17.1. The Morgan fingerprint density at radius 1 is 1.17 bits per heavy atom. The van der Waals surface area contributed by atoms with Crippen molar-refractivity contribution in [1.82, 2.24) is 4.98 Å². The van der Waals surface area contributed by atoms with E-state index in [1.165, 1.54) is 23.3 Å². The molecule has 0 saturated heterocycles. The maximum atomic E-state index is 12.4. The van der Waals surface area contributed by atoms with E-state index in [2.05, 4.69) is 29.2 Å². The second kappa shape index (κ2) is 7.17. The topological polar surface area (TPSA) is 79.1 Å². The normalized spacial score (nSPS) is 15.2. The number of hydrogen-bond donors (Lipinski definition) is 3. The standard InChI is InChI=1S/C23H22N2O2S.ClH/c1-13-9-18(26)19(20-16-10-28-11-17(16)22(27)25-21(13)20)14-3-5-15(6-4-14)23(12-24)7-2-8-23;/h3-6,9-11,26H,2,7-8,12,24H2,1H3,(H,25,27);1H. The molecule has 150 valence electrons. The van der Waals surface area contributed by atoms with Gasteiger partial charge in [-0.3, -0.25) is 4.79 Å². The average molecular weight is 427 g/mol. The molecule has 0 spiro atoms. The van der Waals surface area contributed by atoms with Crippen LogP contribution in [-0.4, -0.2) is 16.6 Å². The Balaban J connectivity index is 0.00000205. The number of rotatable bonds is 3. The molecular weight excluding hydrogens is 404 g/mol. The number of pyridine rings is 1. The third-order valence-electron chi connectivity index (χ3n) is 6.41. The van der Waals surface area contributed by atoms with Crippen LogP contribution in [0, 0.1) is 6.92 Å². The number of fused-ring (bicyclic) bond motifs is 3. The minimum Gasteiger partial charge on any atom is -0.507 e. The Kier molecular flexibility index (Phi) is 4.93. The van der Waals surface area contributed by atoms with Gasteiger partial charge >= 0.3 is 0 Å². The SMILES string of the molecule is Cc1cc(O)c(-c2ccc(C3(CN)CCC3)cc2)c2c1[nH]c(=O)c1cscc12.Cl. The molecule has 2 heterocycles. The molecule has 2 aromatic heterocycles. The summed E-state index contributed by atoms with van der Waals surface area (Å²) < 4.78 is 0. The third kappa shape index (κ3) is 2.88. The zero-order valence-corrected chi connectivity index (χ0v) is 17.8. The van der Waals surface area contributed by atoms with Gasteiger partial charge in [-0.25, -0.2) is 0 Å². The molecule has 0 bridgehead atoms. The van der Waals surface area contributed by atoms with E-state index < -0.39 is 0 Å².